The zero-order chi connectivity index (χ0) is 15.9. The summed E-state index contributed by atoms with van der Waals surface area (Å²) in [5.74, 6) is 0. The minimum atomic E-state index is -4.40. The van der Waals surface area contributed by atoms with Crippen molar-refractivity contribution in [3.8, 4) is 0 Å². The van der Waals surface area contributed by atoms with Gasteiger partial charge in [0, 0.05) is 12.6 Å². The molecule has 0 bridgehead atoms. The van der Waals surface area contributed by atoms with Crippen molar-refractivity contribution in [2.45, 2.75) is 18.6 Å². The Morgan fingerprint density at radius 3 is 2.33 bits per heavy atom. The van der Waals surface area contributed by atoms with Crippen molar-refractivity contribution in [2.75, 3.05) is 27.2 Å². The molecule has 1 unspecified atom stereocenters. The first kappa shape index (κ1) is 17.3. The number of benzene rings is 1. The molecule has 0 aliphatic rings. The average molecular weight is 303 g/mol. The van der Waals surface area contributed by atoms with Crippen LogP contribution in [-0.4, -0.2) is 50.3 Å². The van der Waals surface area contributed by atoms with E-state index in [0.717, 1.165) is 5.56 Å². The Labute approximate surface area is 122 Å². The number of urea groups is 1. The molecule has 1 rings (SSSR count). The molecule has 1 aromatic carbocycles. The van der Waals surface area contributed by atoms with Crippen molar-refractivity contribution in [3.63, 3.8) is 0 Å². The molecule has 0 fully saturated rings. The molecule has 21 heavy (non-hydrogen) atoms. The van der Waals surface area contributed by atoms with Crippen LogP contribution >= 0.6 is 0 Å². The summed E-state index contributed by atoms with van der Waals surface area (Å²) in [6.07, 6.45) is -3.70. The second kappa shape index (κ2) is 7.87. The fraction of sp³-hybridized carbons (Fsp3) is 0.500. The highest BCUT2D eigenvalue weighted by atomic mass is 19.4. The molecule has 7 heteroatoms. The molecular formula is C14H20F3N3O. The largest absolute Gasteiger partial charge is 0.405 e. The molecule has 0 aliphatic carbocycles. The van der Waals surface area contributed by atoms with Crippen LogP contribution in [0.25, 0.3) is 0 Å². The molecule has 0 saturated heterocycles. The number of nitrogens with zero attached hydrogens (tertiary/aromatic N) is 1. The molecule has 2 amide bonds. The monoisotopic (exact) mass is 303 g/mol. The van der Waals surface area contributed by atoms with Gasteiger partial charge in [0.15, 0.2) is 0 Å². The lowest BCUT2D eigenvalue weighted by Crippen LogP contribution is -2.46. The Hall–Kier alpha value is -1.76. The highest BCUT2D eigenvalue weighted by Crippen LogP contribution is 2.12. The van der Waals surface area contributed by atoms with Crippen molar-refractivity contribution in [1.82, 2.24) is 15.5 Å². The SMILES string of the molecule is CN(C)C(CNC(=O)NCC(F)(F)F)Cc1ccccc1. The summed E-state index contributed by atoms with van der Waals surface area (Å²) in [7, 11) is 3.73. The third-order valence-corrected chi connectivity index (χ3v) is 2.99. The van der Waals surface area contributed by atoms with E-state index in [-0.39, 0.29) is 12.6 Å². The highest BCUT2D eigenvalue weighted by molar-refractivity contribution is 5.73. The molecule has 0 aliphatic heterocycles. The molecule has 118 valence electrons. The molecule has 0 spiro atoms. The van der Waals surface area contributed by atoms with Crippen LogP contribution in [0.2, 0.25) is 0 Å². The van der Waals surface area contributed by atoms with Crippen molar-refractivity contribution in [3.05, 3.63) is 35.9 Å². The number of hydrogen-bond donors (Lipinski definition) is 2. The minimum absolute atomic E-state index is 0.00374. The van der Waals surface area contributed by atoms with Gasteiger partial charge in [-0.25, -0.2) is 4.79 Å². The first-order chi connectivity index (χ1) is 9.78. The van der Waals surface area contributed by atoms with Crippen molar-refractivity contribution in [1.29, 1.82) is 0 Å². The first-order valence-corrected chi connectivity index (χ1v) is 6.57. The highest BCUT2D eigenvalue weighted by Gasteiger charge is 2.27. The van der Waals surface area contributed by atoms with E-state index >= 15 is 0 Å². The van der Waals surface area contributed by atoms with Gasteiger partial charge in [0.1, 0.15) is 6.54 Å². The Morgan fingerprint density at radius 1 is 1.19 bits per heavy atom. The van der Waals surface area contributed by atoms with Gasteiger partial charge in [0.25, 0.3) is 0 Å². The lowest BCUT2D eigenvalue weighted by molar-refractivity contribution is -0.122. The molecule has 0 radical (unpaired) electrons. The number of amides is 2. The number of carbonyl (C=O) groups is 1. The quantitative estimate of drug-likeness (QED) is 0.844. The molecule has 1 aromatic rings. The van der Waals surface area contributed by atoms with E-state index < -0.39 is 18.8 Å². The molecule has 0 heterocycles. The minimum Gasteiger partial charge on any atom is -0.337 e. The van der Waals surface area contributed by atoms with Crippen LogP contribution < -0.4 is 10.6 Å². The molecule has 2 N–H and O–H groups in total. The predicted octanol–water partition coefficient (Wildman–Crippen LogP) is 2.02. The summed E-state index contributed by atoms with van der Waals surface area (Å²) < 4.78 is 35.9. The van der Waals surface area contributed by atoms with Crippen molar-refractivity contribution < 1.29 is 18.0 Å². The maximum absolute atomic E-state index is 12.0. The van der Waals surface area contributed by atoms with Crippen molar-refractivity contribution in [2.24, 2.45) is 0 Å². The summed E-state index contributed by atoms with van der Waals surface area (Å²) in [5.41, 5.74) is 1.11. The van der Waals surface area contributed by atoms with Gasteiger partial charge in [-0.2, -0.15) is 13.2 Å². The summed E-state index contributed by atoms with van der Waals surface area (Å²) >= 11 is 0. The Balaban J connectivity index is 2.43. The predicted molar refractivity (Wildman–Crippen MR) is 75.1 cm³/mol. The Bertz CT molecular complexity index is 435. The van der Waals surface area contributed by atoms with E-state index in [1.807, 2.05) is 49.3 Å². The van der Waals surface area contributed by atoms with Crippen LogP contribution in [0.3, 0.4) is 0 Å². The molecule has 0 aromatic heterocycles. The van der Waals surface area contributed by atoms with Crippen LogP contribution in [0.4, 0.5) is 18.0 Å². The normalized spacial score (nSPS) is 13.0. The number of hydrogen-bond acceptors (Lipinski definition) is 2. The average Bonchev–Trinajstić information content (AvgIpc) is 2.41. The molecule has 1 atom stereocenters. The van der Waals surface area contributed by atoms with Gasteiger partial charge in [0.2, 0.25) is 0 Å². The van der Waals surface area contributed by atoms with E-state index in [2.05, 4.69) is 5.32 Å². The third kappa shape index (κ3) is 7.55. The summed E-state index contributed by atoms with van der Waals surface area (Å²) in [6, 6.07) is 8.89. The first-order valence-electron chi connectivity index (χ1n) is 6.57. The lowest BCUT2D eigenvalue weighted by atomic mass is 10.1. The standard InChI is InChI=1S/C14H20F3N3O/c1-20(2)12(8-11-6-4-3-5-7-11)9-18-13(21)19-10-14(15,16)17/h3-7,12H,8-10H2,1-2H3,(H2,18,19,21). The molecule has 4 nitrogen and oxygen atoms in total. The number of halogens is 3. The third-order valence-electron chi connectivity index (χ3n) is 2.99. The van der Waals surface area contributed by atoms with Gasteiger partial charge >= 0.3 is 12.2 Å². The van der Waals surface area contributed by atoms with Gasteiger partial charge in [0.05, 0.1) is 0 Å². The van der Waals surface area contributed by atoms with E-state index in [9.17, 15) is 18.0 Å². The Morgan fingerprint density at radius 2 is 1.81 bits per heavy atom. The fourth-order valence-corrected chi connectivity index (χ4v) is 1.78. The maximum Gasteiger partial charge on any atom is 0.405 e. The summed E-state index contributed by atoms with van der Waals surface area (Å²) in [5, 5.41) is 4.25. The van der Waals surface area contributed by atoms with Crippen LogP contribution in [-0.2, 0) is 6.42 Å². The molecular weight excluding hydrogens is 283 g/mol. The van der Waals surface area contributed by atoms with Crippen LogP contribution in [0.1, 0.15) is 5.56 Å². The number of carbonyl (C=O) groups excluding carboxylic acids is 1. The maximum atomic E-state index is 12.0. The second-order valence-corrected chi connectivity index (χ2v) is 4.99. The fourth-order valence-electron chi connectivity index (χ4n) is 1.78. The zero-order valence-electron chi connectivity index (χ0n) is 12.1. The van der Waals surface area contributed by atoms with Crippen LogP contribution in [0, 0.1) is 0 Å². The van der Waals surface area contributed by atoms with Crippen LogP contribution in [0.5, 0.6) is 0 Å². The van der Waals surface area contributed by atoms with E-state index in [0.29, 0.717) is 6.42 Å². The van der Waals surface area contributed by atoms with Gasteiger partial charge in [-0.15, -0.1) is 0 Å². The topological polar surface area (TPSA) is 44.4 Å². The molecule has 0 saturated carbocycles. The number of likely N-dealkylation sites (N-methyl/N-ethyl adjacent to an activating group) is 1. The number of rotatable bonds is 6. The van der Waals surface area contributed by atoms with Gasteiger partial charge < -0.3 is 15.5 Å². The smallest absolute Gasteiger partial charge is 0.337 e. The van der Waals surface area contributed by atoms with Gasteiger partial charge in [-0.05, 0) is 26.1 Å². The lowest BCUT2D eigenvalue weighted by Gasteiger charge is -2.25. The summed E-state index contributed by atoms with van der Waals surface area (Å²) in [4.78, 5) is 13.3. The van der Waals surface area contributed by atoms with Crippen molar-refractivity contribution >= 4 is 6.03 Å². The van der Waals surface area contributed by atoms with E-state index in [1.54, 1.807) is 5.32 Å². The van der Waals surface area contributed by atoms with Gasteiger partial charge in [-0.3, -0.25) is 0 Å². The Kier molecular flexibility index (Phi) is 6.48. The second-order valence-electron chi connectivity index (χ2n) is 4.99. The van der Waals surface area contributed by atoms with Crippen LogP contribution in [0.15, 0.2) is 30.3 Å². The zero-order valence-corrected chi connectivity index (χ0v) is 12.1. The number of alkyl halides is 3. The summed E-state index contributed by atoms with van der Waals surface area (Å²) in [6.45, 7) is -1.06. The van der Waals surface area contributed by atoms with E-state index in [4.69, 9.17) is 0 Å². The van der Waals surface area contributed by atoms with E-state index in [1.165, 1.54) is 0 Å². The van der Waals surface area contributed by atoms with Gasteiger partial charge in [-0.1, -0.05) is 30.3 Å². The number of nitrogens with one attached hydrogen (secondary N) is 2.